The summed E-state index contributed by atoms with van der Waals surface area (Å²) in [6, 6.07) is 0. The van der Waals surface area contributed by atoms with Crippen LogP contribution in [0.3, 0.4) is 0 Å². The van der Waals surface area contributed by atoms with Crippen LogP contribution in [0, 0.1) is 51.8 Å². The predicted molar refractivity (Wildman–Crippen MR) is 132 cm³/mol. The molecule has 4 aliphatic carbocycles. The van der Waals surface area contributed by atoms with Crippen LogP contribution in [-0.4, -0.2) is 11.2 Å². The molecule has 0 heterocycles. The second-order valence-electron chi connectivity index (χ2n) is 13.2. The van der Waals surface area contributed by atoms with Crippen LogP contribution < -0.4 is 0 Å². The SMILES string of the molecule is CC(C)C(C)(C)[C@@H](C)C=C[C@@H](C)[C@H]1CC[C@H]2C3=C=C4CC(O)CC[C@]4(C)[C@H]3CC[C@]12C. The number of aliphatic hydroxyl groups is 1. The highest BCUT2D eigenvalue weighted by Gasteiger charge is 2.58. The first kappa shape index (κ1) is 23.4. The second-order valence-corrected chi connectivity index (χ2v) is 13.2. The van der Waals surface area contributed by atoms with E-state index in [4.69, 9.17) is 0 Å². The number of allylic oxidation sites excluding steroid dienone is 2. The Hall–Kier alpha value is -0.780. The fourth-order valence-electron chi connectivity index (χ4n) is 7.88. The summed E-state index contributed by atoms with van der Waals surface area (Å²) >= 11 is 0. The molecule has 0 spiro atoms. The van der Waals surface area contributed by atoms with Crippen molar-refractivity contribution < 1.29 is 5.11 Å². The Bertz CT molecular complexity index is 793. The molecule has 174 valence electrons. The van der Waals surface area contributed by atoms with Crippen LogP contribution in [0.4, 0.5) is 0 Å². The lowest BCUT2D eigenvalue weighted by atomic mass is 9.54. The van der Waals surface area contributed by atoms with Gasteiger partial charge in [-0.1, -0.05) is 67.5 Å². The van der Waals surface area contributed by atoms with E-state index in [0.717, 1.165) is 25.2 Å². The topological polar surface area (TPSA) is 20.2 Å². The van der Waals surface area contributed by atoms with Crippen LogP contribution in [0.25, 0.3) is 0 Å². The minimum Gasteiger partial charge on any atom is -0.393 e. The third kappa shape index (κ3) is 3.63. The van der Waals surface area contributed by atoms with Crippen molar-refractivity contribution in [1.82, 2.24) is 0 Å². The van der Waals surface area contributed by atoms with Crippen LogP contribution in [0.2, 0.25) is 0 Å². The first-order valence-corrected chi connectivity index (χ1v) is 13.3. The highest BCUT2D eigenvalue weighted by atomic mass is 16.3. The number of fused-ring (bicyclic) bond motifs is 5. The van der Waals surface area contributed by atoms with Gasteiger partial charge in [-0.05, 0) is 96.0 Å². The maximum Gasteiger partial charge on any atom is 0.0584 e. The van der Waals surface area contributed by atoms with Crippen LogP contribution in [0.5, 0.6) is 0 Å². The normalized spacial score (nSPS) is 42.1. The molecule has 0 aromatic rings. The van der Waals surface area contributed by atoms with Gasteiger partial charge in [0.15, 0.2) is 0 Å². The third-order valence-electron chi connectivity index (χ3n) is 11.3. The average molecular weight is 425 g/mol. The van der Waals surface area contributed by atoms with E-state index in [1.807, 2.05) is 0 Å². The van der Waals surface area contributed by atoms with Gasteiger partial charge in [0.1, 0.15) is 0 Å². The van der Waals surface area contributed by atoms with Gasteiger partial charge >= 0.3 is 0 Å². The highest BCUT2D eigenvalue weighted by Crippen LogP contribution is 2.66. The summed E-state index contributed by atoms with van der Waals surface area (Å²) < 4.78 is 0. The summed E-state index contributed by atoms with van der Waals surface area (Å²) in [5.41, 5.74) is 8.12. The summed E-state index contributed by atoms with van der Waals surface area (Å²) in [6.45, 7) is 19.5. The number of rotatable bonds is 5. The summed E-state index contributed by atoms with van der Waals surface area (Å²) in [5, 5.41) is 10.3. The minimum absolute atomic E-state index is 0.138. The van der Waals surface area contributed by atoms with Crippen molar-refractivity contribution in [2.24, 2.45) is 51.8 Å². The molecule has 0 bridgehead atoms. The molecule has 0 amide bonds. The van der Waals surface area contributed by atoms with E-state index in [-0.39, 0.29) is 11.5 Å². The molecule has 1 nitrogen and oxygen atoms in total. The van der Waals surface area contributed by atoms with Gasteiger partial charge in [-0.3, -0.25) is 0 Å². The van der Waals surface area contributed by atoms with E-state index < -0.39 is 0 Å². The van der Waals surface area contributed by atoms with Crippen molar-refractivity contribution in [2.45, 2.75) is 106 Å². The van der Waals surface area contributed by atoms with Crippen molar-refractivity contribution in [3.05, 3.63) is 29.0 Å². The summed E-state index contributed by atoms with van der Waals surface area (Å²) in [4.78, 5) is 0. The third-order valence-corrected chi connectivity index (χ3v) is 11.3. The average Bonchev–Trinajstić information content (AvgIpc) is 3.19. The quantitative estimate of drug-likeness (QED) is 0.350. The Kier molecular flexibility index (Phi) is 5.97. The lowest BCUT2D eigenvalue weighted by Crippen LogP contribution is -2.42. The summed E-state index contributed by atoms with van der Waals surface area (Å²) in [7, 11) is 0. The molecule has 1 unspecified atom stereocenters. The fraction of sp³-hybridized carbons (Fsp3) is 0.833. The smallest absolute Gasteiger partial charge is 0.0584 e. The van der Waals surface area contributed by atoms with Crippen LogP contribution >= 0.6 is 0 Å². The lowest BCUT2D eigenvalue weighted by Gasteiger charge is -2.50. The van der Waals surface area contributed by atoms with E-state index in [1.165, 1.54) is 31.3 Å². The minimum atomic E-state index is -0.138. The fourth-order valence-corrected chi connectivity index (χ4v) is 7.88. The molecule has 1 N–H and O–H groups in total. The predicted octanol–water partition coefficient (Wildman–Crippen LogP) is 7.96. The number of hydrogen-bond donors (Lipinski definition) is 1. The van der Waals surface area contributed by atoms with Gasteiger partial charge in [-0.15, -0.1) is 5.73 Å². The Morgan fingerprint density at radius 1 is 0.968 bits per heavy atom. The number of aliphatic hydroxyl groups excluding tert-OH is 1. The van der Waals surface area contributed by atoms with E-state index in [9.17, 15) is 5.11 Å². The van der Waals surface area contributed by atoms with Crippen LogP contribution in [-0.2, 0) is 0 Å². The largest absolute Gasteiger partial charge is 0.393 e. The number of hydrogen-bond acceptors (Lipinski definition) is 1. The summed E-state index contributed by atoms with van der Waals surface area (Å²) in [5.74, 6) is 4.13. The van der Waals surface area contributed by atoms with E-state index in [1.54, 1.807) is 5.57 Å². The maximum absolute atomic E-state index is 10.3. The van der Waals surface area contributed by atoms with Crippen molar-refractivity contribution in [3.8, 4) is 0 Å². The molecule has 0 saturated heterocycles. The van der Waals surface area contributed by atoms with Gasteiger partial charge < -0.3 is 5.11 Å². The highest BCUT2D eigenvalue weighted by molar-refractivity contribution is 5.37. The first-order chi connectivity index (χ1) is 14.4. The van der Waals surface area contributed by atoms with Crippen LogP contribution in [0.15, 0.2) is 29.0 Å². The molecule has 1 heteroatoms. The van der Waals surface area contributed by atoms with Gasteiger partial charge in [0.25, 0.3) is 0 Å². The zero-order valence-electron chi connectivity index (χ0n) is 21.6. The standard InChI is InChI=1S/C30H48O/c1-19(2)28(5,6)21(4)10-9-20(3)25-11-12-26-24-18-22-17-23(31)13-15-29(22,7)27(24)14-16-30(25,26)8/h9-10,19-21,23,25-27,31H,11-17H2,1-8H3/t20-,21+,23?,25-,26+,27+,29+,30-/m1/s1. The Morgan fingerprint density at radius 3 is 2.35 bits per heavy atom. The molecule has 3 saturated carbocycles. The van der Waals surface area contributed by atoms with Crippen molar-refractivity contribution in [3.63, 3.8) is 0 Å². The van der Waals surface area contributed by atoms with E-state index in [2.05, 4.69) is 73.3 Å². The second kappa shape index (κ2) is 7.92. The van der Waals surface area contributed by atoms with E-state index in [0.29, 0.717) is 40.4 Å². The molecule has 8 atom stereocenters. The summed E-state index contributed by atoms with van der Waals surface area (Å²) in [6.07, 6.45) is 13.4. The molecule has 4 aliphatic rings. The van der Waals surface area contributed by atoms with Gasteiger partial charge in [0.05, 0.1) is 6.10 Å². The van der Waals surface area contributed by atoms with Crippen LogP contribution in [0.1, 0.15) is 100 Å². The van der Waals surface area contributed by atoms with Crippen molar-refractivity contribution in [2.75, 3.05) is 0 Å². The van der Waals surface area contributed by atoms with Gasteiger partial charge in [0.2, 0.25) is 0 Å². The molecule has 4 rings (SSSR count). The molecule has 0 aromatic heterocycles. The molecule has 0 radical (unpaired) electrons. The molecular weight excluding hydrogens is 376 g/mol. The first-order valence-electron chi connectivity index (χ1n) is 13.3. The Labute approximate surface area is 192 Å². The van der Waals surface area contributed by atoms with Gasteiger partial charge in [-0.25, -0.2) is 0 Å². The van der Waals surface area contributed by atoms with Crippen molar-refractivity contribution >= 4 is 0 Å². The van der Waals surface area contributed by atoms with E-state index >= 15 is 0 Å². The Morgan fingerprint density at radius 2 is 1.68 bits per heavy atom. The van der Waals surface area contributed by atoms with Crippen molar-refractivity contribution in [1.29, 1.82) is 0 Å². The maximum atomic E-state index is 10.3. The van der Waals surface area contributed by atoms with Gasteiger partial charge in [-0.2, -0.15) is 0 Å². The molecule has 0 aliphatic heterocycles. The Balaban J connectivity index is 1.54. The molecule has 3 fully saturated rings. The zero-order chi connectivity index (χ0) is 22.8. The molecular formula is C30H48O. The molecule has 0 aromatic carbocycles. The monoisotopic (exact) mass is 424 g/mol. The van der Waals surface area contributed by atoms with Gasteiger partial charge in [0, 0.05) is 11.8 Å². The lowest BCUT2D eigenvalue weighted by molar-refractivity contribution is 0.0481. The molecule has 31 heavy (non-hydrogen) atoms. The zero-order valence-corrected chi connectivity index (χ0v) is 21.6.